The van der Waals surface area contributed by atoms with Crippen molar-refractivity contribution < 1.29 is 14.3 Å². The predicted octanol–water partition coefficient (Wildman–Crippen LogP) is 1.93. The molecule has 4 N–H and O–H groups in total. The van der Waals surface area contributed by atoms with Gasteiger partial charge in [-0.1, -0.05) is 6.07 Å². The number of nitrogens with one attached hydrogen (secondary N) is 1. The summed E-state index contributed by atoms with van der Waals surface area (Å²) in [5.74, 6) is -1.14. The van der Waals surface area contributed by atoms with Gasteiger partial charge in [-0.3, -0.25) is 4.79 Å². The van der Waals surface area contributed by atoms with E-state index in [1.165, 1.54) is 29.5 Å². The molecule has 0 aliphatic rings. The Morgan fingerprint density at radius 3 is 2.95 bits per heavy atom. The summed E-state index contributed by atoms with van der Waals surface area (Å²) in [5, 5.41) is 16.0. The Balaban J connectivity index is 2.00. The molecule has 0 aliphatic heterocycles. The van der Waals surface area contributed by atoms with E-state index in [0.29, 0.717) is 0 Å². The molecule has 1 aromatic carbocycles. The van der Waals surface area contributed by atoms with Gasteiger partial charge in [0, 0.05) is 6.54 Å². The van der Waals surface area contributed by atoms with Crippen LogP contribution in [0.1, 0.15) is 22.0 Å². The largest absolute Gasteiger partial charge is 0.396 e. The highest BCUT2D eigenvalue weighted by molar-refractivity contribution is 7.07. The lowest BCUT2D eigenvalue weighted by Crippen LogP contribution is -2.29. The van der Waals surface area contributed by atoms with Gasteiger partial charge in [0.05, 0.1) is 17.4 Å². The minimum atomic E-state index is -0.787. The normalized spacial score (nSPS) is 12.1. The van der Waals surface area contributed by atoms with Gasteiger partial charge in [0.2, 0.25) is 0 Å². The van der Waals surface area contributed by atoms with Crippen LogP contribution in [-0.4, -0.2) is 17.6 Å². The van der Waals surface area contributed by atoms with E-state index in [-0.39, 0.29) is 17.8 Å². The van der Waals surface area contributed by atoms with Crippen molar-refractivity contribution in [3.8, 4) is 0 Å². The number of hydrogen-bond donors (Lipinski definition) is 3. The van der Waals surface area contributed by atoms with Crippen molar-refractivity contribution in [3.63, 3.8) is 0 Å². The first-order valence-corrected chi connectivity index (χ1v) is 6.56. The fraction of sp³-hybridized carbons (Fsp3) is 0.154. The Hall–Kier alpha value is -1.92. The number of carbonyl (C=O) groups is 1. The third kappa shape index (κ3) is 3.10. The van der Waals surface area contributed by atoms with Gasteiger partial charge in [-0.25, -0.2) is 4.39 Å². The molecule has 0 fully saturated rings. The highest BCUT2D eigenvalue weighted by atomic mass is 32.1. The maximum absolute atomic E-state index is 13.2. The number of rotatable bonds is 4. The number of aliphatic hydroxyl groups excluding tert-OH is 1. The number of para-hydroxylation sites is 1. The van der Waals surface area contributed by atoms with Crippen LogP contribution in [0.5, 0.6) is 0 Å². The van der Waals surface area contributed by atoms with E-state index < -0.39 is 17.8 Å². The van der Waals surface area contributed by atoms with Crippen LogP contribution in [-0.2, 0) is 0 Å². The number of benzene rings is 1. The van der Waals surface area contributed by atoms with Crippen molar-refractivity contribution in [2.75, 3.05) is 12.3 Å². The molecule has 1 heterocycles. The third-order valence-electron chi connectivity index (χ3n) is 2.68. The monoisotopic (exact) mass is 280 g/mol. The van der Waals surface area contributed by atoms with Gasteiger partial charge >= 0.3 is 0 Å². The molecule has 0 aliphatic carbocycles. The van der Waals surface area contributed by atoms with Gasteiger partial charge in [-0.15, -0.1) is 0 Å². The molecule has 0 bridgehead atoms. The van der Waals surface area contributed by atoms with Crippen LogP contribution in [0, 0.1) is 5.82 Å². The van der Waals surface area contributed by atoms with Crippen LogP contribution in [0.3, 0.4) is 0 Å². The van der Waals surface area contributed by atoms with Crippen LogP contribution in [0.2, 0.25) is 0 Å². The fourth-order valence-electron chi connectivity index (χ4n) is 1.60. The van der Waals surface area contributed by atoms with E-state index in [2.05, 4.69) is 5.32 Å². The average molecular weight is 280 g/mol. The first-order chi connectivity index (χ1) is 9.09. The molecule has 0 saturated carbocycles. The smallest absolute Gasteiger partial charge is 0.253 e. The van der Waals surface area contributed by atoms with E-state index >= 15 is 0 Å². The zero-order valence-corrected chi connectivity index (χ0v) is 10.8. The van der Waals surface area contributed by atoms with E-state index in [4.69, 9.17) is 5.73 Å². The molecule has 1 atom stereocenters. The summed E-state index contributed by atoms with van der Waals surface area (Å²) in [5.41, 5.74) is 6.10. The molecule has 0 spiro atoms. The van der Waals surface area contributed by atoms with Crippen LogP contribution in [0.15, 0.2) is 35.0 Å². The number of amides is 1. The van der Waals surface area contributed by atoms with Gasteiger partial charge in [0.15, 0.2) is 0 Å². The van der Waals surface area contributed by atoms with Crippen LogP contribution in [0.25, 0.3) is 0 Å². The summed E-state index contributed by atoms with van der Waals surface area (Å²) in [6, 6.07) is 5.81. The first kappa shape index (κ1) is 13.5. The standard InChI is InChI=1S/C13H13FN2O2S/c14-10-3-1-2-9(12(10)15)13(18)16-6-11(17)8-4-5-19-7-8/h1-5,7,11,17H,6,15H2,(H,16,18). The minimum Gasteiger partial charge on any atom is -0.396 e. The SMILES string of the molecule is Nc1c(F)cccc1C(=O)NCC(O)c1ccsc1. The number of nitrogen functional groups attached to an aromatic ring is 1. The summed E-state index contributed by atoms with van der Waals surface area (Å²) in [4.78, 5) is 11.8. The lowest BCUT2D eigenvalue weighted by Gasteiger charge is -2.11. The second kappa shape index (κ2) is 5.81. The molecule has 0 radical (unpaired) electrons. The Morgan fingerprint density at radius 2 is 2.26 bits per heavy atom. The Bertz CT molecular complexity index is 572. The van der Waals surface area contributed by atoms with E-state index in [0.717, 1.165) is 5.56 Å². The van der Waals surface area contributed by atoms with Crippen molar-refractivity contribution in [1.82, 2.24) is 5.32 Å². The minimum absolute atomic E-state index is 0.0471. The van der Waals surface area contributed by atoms with Crippen molar-refractivity contribution in [2.24, 2.45) is 0 Å². The number of halogens is 1. The number of hydrogen-bond acceptors (Lipinski definition) is 4. The van der Waals surface area contributed by atoms with Crippen molar-refractivity contribution in [2.45, 2.75) is 6.10 Å². The molecule has 1 unspecified atom stereocenters. The third-order valence-corrected chi connectivity index (χ3v) is 3.38. The molecular formula is C13H13FN2O2S. The van der Waals surface area contributed by atoms with Crippen molar-refractivity contribution in [1.29, 1.82) is 0 Å². The lowest BCUT2D eigenvalue weighted by atomic mass is 10.1. The number of nitrogens with two attached hydrogens (primary N) is 1. The second-order valence-electron chi connectivity index (χ2n) is 3.98. The van der Waals surface area contributed by atoms with E-state index in [1.54, 1.807) is 11.4 Å². The summed E-state index contributed by atoms with van der Waals surface area (Å²) in [7, 11) is 0. The predicted molar refractivity (Wildman–Crippen MR) is 72.4 cm³/mol. The summed E-state index contributed by atoms with van der Waals surface area (Å²) >= 11 is 1.46. The molecule has 1 amide bonds. The quantitative estimate of drug-likeness (QED) is 0.749. The molecule has 2 rings (SSSR count). The zero-order chi connectivity index (χ0) is 13.8. The average Bonchev–Trinajstić information content (AvgIpc) is 2.93. The van der Waals surface area contributed by atoms with Crippen molar-refractivity contribution >= 4 is 22.9 Å². The summed E-state index contributed by atoms with van der Waals surface area (Å²) in [6.45, 7) is 0.0471. The summed E-state index contributed by atoms with van der Waals surface area (Å²) < 4.78 is 13.2. The summed E-state index contributed by atoms with van der Waals surface area (Å²) in [6.07, 6.45) is -0.787. The number of thiophene rings is 1. The molecule has 4 nitrogen and oxygen atoms in total. The Morgan fingerprint density at radius 1 is 1.47 bits per heavy atom. The van der Waals surface area contributed by atoms with Gasteiger partial charge in [0.25, 0.3) is 5.91 Å². The van der Waals surface area contributed by atoms with Gasteiger partial charge in [-0.2, -0.15) is 11.3 Å². The maximum atomic E-state index is 13.2. The lowest BCUT2D eigenvalue weighted by molar-refractivity contribution is 0.0917. The van der Waals surface area contributed by atoms with Crippen LogP contribution in [0.4, 0.5) is 10.1 Å². The van der Waals surface area contributed by atoms with Gasteiger partial charge in [-0.05, 0) is 34.5 Å². The van der Waals surface area contributed by atoms with Crippen LogP contribution >= 0.6 is 11.3 Å². The molecule has 2 aromatic rings. The van der Waals surface area contributed by atoms with Crippen molar-refractivity contribution in [3.05, 3.63) is 52.0 Å². The second-order valence-corrected chi connectivity index (χ2v) is 4.76. The Labute approximate surface area is 113 Å². The number of anilines is 1. The molecule has 19 heavy (non-hydrogen) atoms. The maximum Gasteiger partial charge on any atom is 0.253 e. The van der Waals surface area contributed by atoms with E-state index in [9.17, 15) is 14.3 Å². The zero-order valence-electron chi connectivity index (χ0n) is 9.97. The first-order valence-electron chi connectivity index (χ1n) is 5.62. The highest BCUT2D eigenvalue weighted by Gasteiger charge is 2.14. The molecular weight excluding hydrogens is 267 g/mol. The Kier molecular flexibility index (Phi) is 4.13. The van der Waals surface area contributed by atoms with Gasteiger partial charge in [0.1, 0.15) is 5.82 Å². The van der Waals surface area contributed by atoms with Gasteiger partial charge < -0.3 is 16.2 Å². The fourth-order valence-corrected chi connectivity index (χ4v) is 2.31. The van der Waals surface area contributed by atoms with Crippen LogP contribution < -0.4 is 11.1 Å². The topological polar surface area (TPSA) is 75.4 Å². The number of carbonyl (C=O) groups excluding carboxylic acids is 1. The number of aliphatic hydroxyl groups is 1. The molecule has 100 valence electrons. The van der Waals surface area contributed by atoms with E-state index in [1.807, 2.05) is 5.38 Å². The highest BCUT2D eigenvalue weighted by Crippen LogP contribution is 2.17. The molecule has 6 heteroatoms. The molecule has 0 saturated heterocycles. The molecule has 1 aromatic heterocycles.